The molecule has 1 aliphatic heterocycles. The van der Waals surface area contributed by atoms with Crippen molar-refractivity contribution in [3.8, 4) is 5.75 Å². The van der Waals surface area contributed by atoms with Gasteiger partial charge >= 0.3 is 0 Å². The predicted octanol–water partition coefficient (Wildman–Crippen LogP) is 2.97. The first-order valence-electron chi connectivity index (χ1n) is 7.63. The van der Waals surface area contributed by atoms with Crippen molar-refractivity contribution in [1.29, 1.82) is 0 Å². The first kappa shape index (κ1) is 17.6. The summed E-state index contributed by atoms with van der Waals surface area (Å²) in [6, 6.07) is 11.4. The molecule has 0 spiro atoms. The summed E-state index contributed by atoms with van der Waals surface area (Å²) < 4.78 is 30.4. The Morgan fingerprint density at radius 1 is 1.20 bits per heavy atom. The van der Waals surface area contributed by atoms with Crippen LogP contribution in [0.1, 0.15) is 28.4 Å². The van der Waals surface area contributed by atoms with Crippen LogP contribution in [0.5, 0.6) is 5.75 Å². The minimum absolute atomic E-state index is 0.191. The molecule has 0 saturated carbocycles. The number of carbonyl (C=O) groups excluding carboxylic acids is 1. The van der Waals surface area contributed by atoms with E-state index in [0.717, 1.165) is 11.8 Å². The van der Waals surface area contributed by atoms with Gasteiger partial charge in [-0.2, -0.15) is 0 Å². The highest BCUT2D eigenvalue weighted by Gasteiger charge is 2.23. The maximum Gasteiger partial charge on any atom is 0.251 e. The summed E-state index contributed by atoms with van der Waals surface area (Å²) in [6.45, 7) is 0.511. The number of carbonyl (C=O) groups is 1. The number of fused-ring (bicyclic) bond motifs is 1. The van der Waals surface area contributed by atoms with E-state index < -0.39 is 10.0 Å². The monoisotopic (exact) mass is 380 g/mol. The van der Waals surface area contributed by atoms with Crippen molar-refractivity contribution in [1.82, 2.24) is 5.32 Å². The molecular formula is C17H17ClN2O4S. The molecule has 0 fully saturated rings. The lowest BCUT2D eigenvalue weighted by atomic mass is 10.00. The van der Waals surface area contributed by atoms with Crippen LogP contribution in [0.4, 0.5) is 5.69 Å². The molecule has 0 saturated heterocycles. The zero-order valence-electron chi connectivity index (χ0n) is 13.5. The molecule has 0 aliphatic carbocycles. The van der Waals surface area contributed by atoms with E-state index in [1.807, 2.05) is 0 Å². The van der Waals surface area contributed by atoms with Crippen LogP contribution in [0, 0.1) is 0 Å². The Balaban J connectivity index is 1.74. The Morgan fingerprint density at radius 3 is 2.60 bits per heavy atom. The second-order valence-electron chi connectivity index (χ2n) is 5.80. The lowest BCUT2D eigenvalue weighted by Gasteiger charge is -2.27. The fourth-order valence-corrected chi connectivity index (χ4v) is 3.41. The van der Waals surface area contributed by atoms with Crippen LogP contribution in [0.3, 0.4) is 0 Å². The second kappa shape index (κ2) is 6.93. The van der Waals surface area contributed by atoms with Crippen LogP contribution in [0.25, 0.3) is 0 Å². The van der Waals surface area contributed by atoms with Gasteiger partial charge in [0.1, 0.15) is 5.75 Å². The summed E-state index contributed by atoms with van der Waals surface area (Å²) in [7, 11) is -3.35. The van der Waals surface area contributed by atoms with Gasteiger partial charge in [0.05, 0.1) is 18.9 Å². The third-order valence-electron chi connectivity index (χ3n) is 3.77. The summed E-state index contributed by atoms with van der Waals surface area (Å²) in [6.07, 6.45) is 1.72. The number of sulfonamides is 1. The van der Waals surface area contributed by atoms with Crippen molar-refractivity contribution < 1.29 is 17.9 Å². The van der Waals surface area contributed by atoms with Gasteiger partial charge in [-0.05, 0) is 42.5 Å². The van der Waals surface area contributed by atoms with Gasteiger partial charge in [0, 0.05) is 28.3 Å². The molecule has 2 aromatic carbocycles. The van der Waals surface area contributed by atoms with Gasteiger partial charge in [-0.15, -0.1) is 0 Å². The molecule has 2 N–H and O–H groups in total. The standard InChI is InChI=1S/C17H17ClN2O4S/c1-25(22,23)20-13-5-2-11(3-6-13)17(21)19-15-8-9-24-16-7-4-12(18)10-14(15)16/h2-7,10,15,20H,8-9H2,1H3,(H,19,21). The van der Waals surface area contributed by atoms with Crippen molar-refractivity contribution in [3.63, 3.8) is 0 Å². The number of anilines is 1. The Morgan fingerprint density at radius 2 is 1.92 bits per heavy atom. The van der Waals surface area contributed by atoms with Crippen LogP contribution < -0.4 is 14.8 Å². The quantitative estimate of drug-likeness (QED) is 0.854. The third kappa shape index (κ3) is 4.43. The Kier molecular flexibility index (Phi) is 4.87. The van der Waals surface area contributed by atoms with Crippen molar-refractivity contribution in [3.05, 3.63) is 58.6 Å². The lowest BCUT2D eigenvalue weighted by Crippen LogP contribution is -2.32. The molecule has 0 aromatic heterocycles. The van der Waals surface area contributed by atoms with Crippen LogP contribution >= 0.6 is 11.6 Å². The van der Waals surface area contributed by atoms with Gasteiger partial charge in [0.2, 0.25) is 10.0 Å². The molecule has 1 heterocycles. The summed E-state index contributed by atoms with van der Waals surface area (Å²) in [5, 5.41) is 3.55. The van der Waals surface area contributed by atoms with Gasteiger partial charge < -0.3 is 10.1 Å². The molecule has 132 valence electrons. The molecule has 1 unspecified atom stereocenters. The van der Waals surface area contributed by atoms with E-state index in [0.29, 0.717) is 35.1 Å². The maximum atomic E-state index is 12.5. The zero-order chi connectivity index (χ0) is 18.0. The first-order chi connectivity index (χ1) is 11.8. The van der Waals surface area contributed by atoms with Crippen molar-refractivity contribution >= 4 is 33.2 Å². The number of nitrogens with one attached hydrogen (secondary N) is 2. The third-order valence-corrected chi connectivity index (χ3v) is 4.61. The molecule has 6 nitrogen and oxygen atoms in total. The number of benzene rings is 2. The molecule has 3 rings (SSSR count). The highest BCUT2D eigenvalue weighted by molar-refractivity contribution is 7.92. The van der Waals surface area contributed by atoms with E-state index in [2.05, 4.69) is 10.0 Å². The fourth-order valence-electron chi connectivity index (χ4n) is 2.66. The molecule has 2 aromatic rings. The molecule has 25 heavy (non-hydrogen) atoms. The van der Waals surface area contributed by atoms with Crippen molar-refractivity contribution in [2.75, 3.05) is 17.6 Å². The van der Waals surface area contributed by atoms with Crippen LogP contribution in [0.2, 0.25) is 5.02 Å². The average Bonchev–Trinajstić information content (AvgIpc) is 2.54. The first-order valence-corrected chi connectivity index (χ1v) is 9.90. The van der Waals surface area contributed by atoms with Crippen molar-refractivity contribution in [2.24, 2.45) is 0 Å². The van der Waals surface area contributed by atoms with Crippen LogP contribution in [-0.2, 0) is 10.0 Å². The highest BCUT2D eigenvalue weighted by Crippen LogP contribution is 2.34. The number of rotatable bonds is 4. The molecule has 0 bridgehead atoms. The number of halogens is 1. The Hall–Kier alpha value is -2.25. The normalized spacial score (nSPS) is 16.5. The SMILES string of the molecule is CS(=O)(=O)Nc1ccc(C(=O)NC2CCOc3ccc(Cl)cc32)cc1. The van der Waals surface area contributed by atoms with Crippen LogP contribution in [-0.4, -0.2) is 27.2 Å². The van der Waals surface area contributed by atoms with Crippen LogP contribution in [0.15, 0.2) is 42.5 Å². The summed E-state index contributed by atoms with van der Waals surface area (Å²) in [4.78, 5) is 12.5. The van der Waals surface area contributed by atoms with E-state index in [-0.39, 0.29) is 11.9 Å². The van der Waals surface area contributed by atoms with Gasteiger partial charge in [-0.25, -0.2) is 8.42 Å². The maximum absolute atomic E-state index is 12.5. The van der Waals surface area contributed by atoms with Gasteiger partial charge in [0.25, 0.3) is 5.91 Å². The van der Waals surface area contributed by atoms with Gasteiger partial charge in [-0.1, -0.05) is 11.6 Å². The smallest absolute Gasteiger partial charge is 0.251 e. The van der Waals surface area contributed by atoms with Crippen molar-refractivity contribution in [2.45, 2.75) is 12.5 Å². The second-order valence-corrected chi connectivity index (χ2v) is 7.98. The van der Waals surface area contributed by atoms with E-state index in [4.69, 9.17) is 16.3 Å². The predicted molar refractivity (Wildman–Crippen MR) is 96.7 cm³/mol. The molecular weight excluding hydrogens is 364 g/mol. The largest absolute Gasteiger partial charge is 0.493 e. The van der Waals surface area contributed by atoms with E-state index in [9.17, 15) is 13.2 Å². The number of amides is 1. The lowest BCUT2D eigenvalue weighted by molar-refractivity contribution is 0.0925. The Labute approximate surface area is 151 Å². The number of hydrogen-bond donors (Lipinski definition) is 2. The number of hydrogen-bond acceptors (Lipinski definition) is 4. The van der Waals surface area contributed by atoms with E-state index in [1.165, 1.54) is 0 Å². The minimum Gasteiger partial charge on any atom is -0.493 e. The molecule has 1 atom stereocenters. The van der Waals surface area contributed by atoms with Gasteiger partial charge in [0.15, 0.2) is 0 Å². The molecule has 8 heteroatoms. The molecule has 1 amide bonds. The summed E-state index contributed by atoms with van der Waals surface area (Å²) >= 11 is 6.04. The summed E-state index contributed by atoms with van der Waals surface area (Å²) in [5.41, 5.74) is 1.69. The highest BCUT2D eigenvalue weighted by atomic mass is 35.5. The zero-order valence-corrected chi connectivity index (χ0v) is 15.0. The van der Waals surface area contributed by atoms with E-state index in [1.54, 1.807) is 42.5 Å². The minimum atomic E-state index is -3.35. The topological polar surface area (TPSA) is 84.5 Å². The molecule has 1 aliphatic rings. The molecule has 0 radical (unpaired) electrons. The average molecular weight is 381 g/mol. The van der Waals surface area contributed by atoms with Gasteiger partial charge in [-0.3, -0.25) is 9.52 Å². The fraction of sp³-hybridized carbons (Fsp3) is 0.235. The Bertz CT molecular complexity index is 897. The summed E-state index contributed by atoms with van der Waals surface area (Å²) in [5.74, 6) is 0.470. The number of ether oxygens (including phenoxy) is 1. The van der Waals surface area contributed by atoms with E-state index >= 15 is 0 Å².